The van der Waals surface area contributed by atoms with Crippen LogP contribution in [0.5, 0.6) is 0 Å². The molecule has 4 saturated heterocycles. The van der Waals surface area contributed by atoms with Crippen LogP contribution in [0, 0.1) is 0 Å². The van der Waals surface area contributed by atoms with Gasteiger partial charge in [0.15, 0.2) is 0 Å². The van der Waals surface area contributed by atoms with Gasteiger partial charge < -0.3 is 162 Å². The normalized spacial score (nSPS) is 19.6. The van der Waals surface area contributed by atoms with Crippen LogP contribution >= 0.6 is 0 Å². The molecule has 66 nitrogen and oxygen atoms in total. The van der Waals surface area contributed by atoms with Crippen LogP contribution in [-0.2, 0) is 307 Å². The molecule has 0 aromatic carbocycles. The van der Waals surface area contributed by atoms with Crippen molar-refractivity contribution in [3.8, 4) is 0 Å². The Labute approximate surface area is 471 Å². The van der Waals surface area contributed by atoms with Crippen molar-refractivity contribution in [1.29, 1.82) is 0 Å². The van der Waals surface area contributed by atoms with E-state index in [9.17, 15) is 81.5 Å². The Balaban J connectivity index is -0.0000000160. The van der Waals surface area contributed by atoms with E-state index >= 15 is 0 Å². The van der Waals surface area contributed by atoms with Gasteiger partial charge in [-0.1, -0.05) is 0 Å². The van der Waals surface area contributed by atoms with Gasteiger partial charge in [-0.05, 0) is 0 Å². The molecule has 4 fully saturated rings. The molecule has 0 spiro atoms. The average Bonchev–Trinajstić information content (AvgIpc) is 2.57. The summed E-state index contributed by atoms with van der Waals surface area (Å²) in [6.45, 7) is 0. The molecule has 4 rings (SSSR count). The van der Waals surface area contributed by atoms with Crippen LogP contribution in [0.2, 0.25) is 0 Å². The molecule has 79 heavy (non-hydrogen) atoms. The van der Waals surface area contributed by atoms with Crippen LogP contribution in [-0.4, -0.2) is 171 Å². The molecule has 0 atom stereocenters. The fraction of sp³-hybridized carbons (Fsp3) is 0. The van der Waals surface area contributed by atoms with Crippen molar-refractivity contribution >= 4 is 9.05 Å². The zero-order chi connectivity index (χ0) is 43.0. The summed E-state index contributed by atoms with van der Waals surface area (Å²) >= 11 is -75.1. The molecule has 0 radical (unpaired) electrons. The standard InChI is InChI=1S/H4O4Si.26H2O.36O.12W/c1-5(2,3)4;;;;;;;;;;;;;;;;;;;;;;;;;;;;;;;;;;;;;;;;;;;;;;;;;;;;;;;;;;;;;;;;;;;;;;;;;;/h1-4H;26*1H2;;;;;;;;;;;;;;;;;;;;;;;;;;;;;;;;;;;;;;;;;;;;;;;;. The molecule has 0 unspecified atom stereocenters. The first kappa shape index (κ1) is 178. The summed E-state index contributed by atoms with van der Waals surface area (Å²) in [5.74, 6) is 0. The van der Waals surface area contributed by atoms with Crippen molar-refractivity contribution in [2.45, 2.75) is 0 Å². The quantitative estimate of drug-likeness (QED) is 0.164. The molecule has 0 amide bonds. The maximum absolute atomic E-state index is 10.4. The maximum atomic E-state index is 10.4. The molecule has 56 N–H and O–H groups in total. The van der Waals surface area contributed by atoms with Gasteiger partial charge in [0.2, 0.25) is 0 Å². The number of hydrogen-bond donors (Lipinski definition) is 4. The summed E-state index contributed by atoms with van der Waals surface area (Å²) < 4.78 is 290. The Morgan fingerprint density at radius 2 is 0.165 bits per heavy atom. The van der Waals surface area contributed by atoms with Gasteiger partial charge in [0, 0.05) is 0 Å². The molecule has 0 bridgehead atoms. The third kappa shape index (κ3) is 88.9. The van der Waals surface area contributed by atoms with Crippen LogP contribution in [0.25, 0.3) is 0 Å². The van der Waals surface area contributed by atoms with E-state index in [2.05, 4.69) is 24.5 Å². The number of rotatable bonds is 0. The summed E-state index contributed by atoms with van der Waals surface area (Å²) in [5, 5.41) is 0. The van der Waals surface area contributed by atoms with E-state index in [1.165, 1.54) is 0 Å². The monoisotopic (exact) mass is 3350 g/mol. The zero-order valence-electron chi connectivity index (χ0n) is 34.9. The van der Waals surface area contributed by atoms with Gasteiger partial charge in [0.05, 0.1) is 0 Å². The van der Waals surface area contributed by atoms with Crippen LogP contribution in [0.15, 0.2) is 0 Å². The molecule has 4 aliphatic rings. The molecule has 0 saturated carbocycles. The van der Waals surface area contributed by atoms with E-state index in [-0.39, 0.29) is 142 Å². The fourth-order valence-electron chi connectivity index (χ4n) is 1.36. The van der Waals surface area contributed by atoms with Gasteiger partial charge in [-0.15, -0.1) is 0 Å². The summed E-state index contributed by atoms with van der Waals surface area (Å²) in [6, 6.07) is 0. The summed E-state index contributed by atoms with van der Waals surface area (Å²) in [6.07, 6.45) is 0. The first-order valence-electron chi connectivity index (χ1n) is 8.89. The third-order valence-corrected chi connectivity index (χ3v) is 134. The molecule has 4 aliphatic heterocycles. The molecule has 4 heterocycles. The van der Waals surface area contributed by atoms with Gasteiger partial charge in [0.25, 0.3) is 0 Å². The van der Waals surface area contributed by atoms with Crippen molar-refractivity contribution in [2.75, 3.05) is 0 Å². The van der Waals surface area contributed by atoms with E-state index in [4.69, 9.17) is 19.2 Å². The van der Waals surface area contributed by atoms with Crippen LogP contribution in [0.4, 0.5) is 0 Å². The van der Waals surface area contributed by atoms with Crippen molar-refractivity contribution in [2.24, 2.45) is 0 Å². The Kier molecular flexibility index (Phi) is 133. The Hall–Kier alpha value is 2.00. The zero-order valence-corrected chi connectivity index (χ0v) is 71.1. The second-order valence-electron chi connectivity index (χ2n) is 6.32. The molecular weight excluding hydrogens is 3290 g/mol. The summed E-state index contributed by atoms with van der Waals surface area (Å²) in [5.41, 5.74) is 0. The van der Waals surface area contributed by atoms with E-state index in [1.54, 1.807) is 0 Å². The van der Waals surface area contributed by atoms with E-state index in [0.29, 0.717) is 0 Å². The first-order valence-corrected chi connectivity index (χ1v) is 68.2. The first-order chi connectivity index (χ1) is 22.5. The number of hydrogen-bond acceptors (Lipinski definition) is 40. The van der Waals surface area contributed by atoms with Gasteiger partial charge >= 0.3 is 316 Å². The average molecular weight is 3350 g/mol. The van der Waals surface area contributed by atoms with Crippen LogP contribution in [0.3, 0.4) is 0 Å². The molecule has 79 heteroatoms. The summed E-state index contributed by atoms with van der Waals surface area (Å²) in [4.78, 5) is 29.3. The summed E-state index contributed by atoms with van der Waals surface area (Å²) in [7, 11) is -4.61. The second kappa shape index (κ2) is 59.0. The molecule has 0 aromatic rings. The van der Waals surface area contributed by atoms with Crippen LogP contribution in [0.1, 0.15) is 0 Å². The second-order valence-corrected chi connectivity index (χ2v) is 96.6. The van der Waals surface area contributed by atoms with Gasteiger partial charge in [-0.2, -0.15) is 0 Å². The third-order valence-electron chi connectivity index (χ3n) is 2.00. The Morgan fingerprint density at radius 1 is 0.139 bits per heavy atom. The predicted octanol–water partition coefficient (Wildman–Crippen LogP) is -27.8. The van der Waals surface area contributed by atoms with Gasteiger partial charge in [0.1, 0.15) is 0 Å². The fourth-order valence-corrected chi connectivity index (χ4v) is 157. The topological polar surface area (TPSA) is 1420 Å². The van der Waals surface area contributed by atoms with Gasteiger partial charge in [-0.3, -0.25) is 0 Å². The predicted molar refractivity (Wildman–Crippen MR) is 138 cm³/mol. The van der Waals surface area contributed by atoms with E-state index in [0.717, 1.165) is 0 Å². The molecule has 0 aliphatic carbocycles. The molecule has 0 aromatic heterocycles. The molecule has 528 valence electrons. The van der Waals surface area contributed by atoms with Gasteiger partial charge in [-0.25, -0.2) is 0 Å². The Bertz CT molecular complexity index is 1970. The van der Waals surface area contributed by atoms with Crippen molar-refractivity contribution < 1.29 is 469 Å². The minimum absolute atomic E-state index is 0. The molecular formula is H56O66SiW12. The van der Waals surface area contributed by atoms with Crippen molar-refractivity contribution in [3.05, 3.63) is 0 Å². The van der Waals surface area contributed by atoms with Crippen LogP contribution < -0.4 is 0 Å². The Morgan fingerprint density at radius 3 is 0.190 bits per heavy atom. The SMILES string of the molecule is O.O.O.O.O.O.O.O.O.O.O.O.O.O.O.O.O.O.O.O.O.O.O.O.O.O.O[Si](O)(O)O.[O]=[W]1(=[O])[O][W](=[O])(=[O])[O][W](=[O])(=[O])[O]1.[O]=[W]1(=[O])[O][W](=[O])(=[O])[O][W](=[O])(=[O])[O]1.[O]=[W]1(=[O])[O][W](=[O])(=[O])[O][W](=[O])(=[O])[O]1.[O]=[W]1(=[O])[O][W](=[O])(=[O])[O][W](=[O])(=[O])[O]1. The minimum atomic E-state index is -6.26. The van der Waals surface area contributed by atoms with Crippen molar-refractivity contribution in [3.63, 3.8) is 0 Å². The van der Waals surface area contributed by atoms with E-state index < -0.39 is 210 Å². The van der Waals surface area contributed by atoms with Crippen molar-refractivity contribution in [1.82, 2.24) is 0 Å². The van der Waals surface area contributed by atoms with E-state index in [1.807, 2.05) is 0 Å².